The fourth-order valence-corrected chi connectivity index (χ4v) is 3.28. The SMILES string of the molecule is [B]C([B])(Oc1cc(C)n(-c2cc(C(=O)N(C)OC)ncc2C)c(=O)c1Cl)c1ncc(F)cc1F. The fraction of sp³-hybridized carbons (Fsp3) is 0.238. The van der Waals surface area contributed by atoms with Crippen molar-refractivity contribution in [2.24, 2.45) is 0 Å². The molecule has 3 rings (SSSR count). The van der Waals surface area contributed by atoms with Crippen molar-refractivity contribution < 1.29 is 23.1 Å². The molecule has 4 radical (unpaired) electrons. The number of halogens is 3. The van der Waals surface area contributed by atoms with Gasteiger partial charge in [0.25, 0.3) is 11.5 Å². The summed E-state index contributed by atoms with van der Waals surface area (Å²) in [4.78, 5) is 38.1. The maximum Gasteiger partial charge on any atom is 0.295 e. The van der Waals surface area contributed by atoms with Crippen molar-refractivity contribution in [2.75, 3.05) is 14.2 Å². The lowest BCUT2D eigenvalue weighted by molar-refractivity contribution is -0.0760. The van der Waals surface area contributed by atoms with Gasteiger partial charge in [-0.1, -0.05) is 11.6 Å². The van der Waals surface area contributed by atoms with Gasteiger partial charge in [-0.2, -0.15) is 0 Å². The second kappa shape index (κ2) is 9.55. The molecule has 3 aromatic heterocycles. The largest absolute Gasteiger partial charge is 0.499 e. The first-order valence-corrected chi connectivity index (χ1v) is 10.0. The molecular weight excluding hydrogens is 467 g/mol. The Labute approximate surface area is 201 Å². The van der Waals surface area contributed by atoms with Crippen molar-refractivity contribution in [1.82, 2.24) is 19.6 Å². The van der Waals surface area contributed by atoms with Crippen LogP contribution in [0.15, 0.2) is 35.4 Å². The normalized spacial score (nSPS) is 11.4. The lowest BCUT2D eigenvalue weighted by Crippen LogP contribution is -2.37. The van der Waals surface area contributed by atoms with Crippen molar-refractivity contribution in [3.8, 4) is 11.4 Å². The third-order valence-corrected chi connectivity index (χ3v) is 5.20. The smallest absolute Gasteiger partial charge is 0.295 e. The maximum absolute atomic E-state index is 14.1. The highest BCUT2D eigenvalue weighted by atomic mass is 35.5. The van der Waals surface area contributed by atoms with Crippen LogP contribution in [0.4, 0.5) is 8.78 Å². The van der Waals surface area contributed by atoms with E-state index in [0.29, 0.717) is 29.2 Å². The predicted octanol–water partition coefficient (Wildman–Crippen LogP) is 2.34. The zero-order valence-electron chi connectivity index (χ0n) is 18.6. The Morgan fingerprint density at radius 2 is 1.85 bits per heavy atom. The number of amides is 1. The second-order valence-electron chi connectivity index (χ2n) is 7.32. The Balaban J connectivity index is 2.08. The molecule has 0 bridgehead atoms. The van der Waals surface area contributed by atoms with E-state index in [9.17, 15) is 18.4 Å². The van der Waals surface area contributed by atoms with Gasteiger partial charge in [0, 0.05) is 31.1 Å². The molecule has 0 unspecified atom stereocenters. The van der Waals surface area contributed by atoms with Crippen molar-refractivity contribution in [1.29, 1.82) is 0 Å². The molecule has 172 valence electrons. The molecule has 0 saturated heterocycles. The highest BCUT2D eigenvalue weighted by molar-refractivity contribution is 6.39. The summed E-state index contributed by atoms with van der Waals surface area (Å²) >= 11 is 6.25. The Hall–Kier alpha value is -3.24. The summed E-state index contributed by atoms with van der Waals surface area (Å²) in [6.45, 7) is 3.26. The van der Waals surface area contributed by atoms with Crippen LogP contribution in [0.1, 0.15) is 27.4 Å². The fourth-order valence-electron chi connectivity index (χ4n) is 3.10. The first-order valence-electron chi connectivity index (χ1n) is 9.67. The number of carbonyl (C=O) groups excluding carboxylic acids is 1. The number of hydroxylamine groups is 2. The third kappa shape index (κ3) is 4.83. The zero-order valence-corrected chi connectivity index (χ0v) is 19.4. The number of pyridine rings is 3. The predicted molar refractivity (Wildman–Crippen MR) is 121 cm³/mol. The first-order chi connectivity index (χ1) is 15.9. The molecule has 0 aliphatic carbocycles. The van der Waals surface area contributed by atoms with Gasteiger partial charge < -0.3 is 4.74 Å². The molecule has 0 spiro atoms. The summed E-state index contributed by atoms with van der Waals surface area (Å²) in [7, 11) is 14.5. The minimum Gasteiger partial charge on any atom is -0.499 e. The molecule has 0 saturated carbocycles. The van der Waals surface area contributed by atoms with E-state index in [1.54, 1.807) is 13.8 Å². The molecular formula is C21H17B2ClF2N4O4. The van der Waals surface area contributed by atoms with Gasteiger partial charge in [0.2, 0.25) is 0 Å². The topological polar surface area (TPSA) is 86.5 Å². The Morgan fingerprint density at radius 1 is 1.18 bits per heavy atom. The number of ether oxygens (including phenoxy) is 1. The van der Waals surface area contributed by atoms with Gasteiger partial charge in [-0.3, -0.25) is 29.0 Å². The molecule has 3 aromatic rings. The van der Waals surface area contributed by atoms with Crippen LogP contribution >= 0.6 is 11.6 Å². The average Bonchev–Trinajstić information content (AvgIpc) is 2.77. The summed E-state index contributed by atoms with van der Waals surface area (Å²) in [5.41, 5.74) is -0.0861. The van der Waals surface area contributed by atoms with E-state index in [-0.39, 0.29) is 11.4 Å². The number of aromatic nitrogens is 3. The van der Waals surface area contributed by atoms with Crippen molar-refractivity contribution in [2.45, 2.75) is 19.2 Å². The standard InChI is InChI=1S/C21H17B2ClF2N4O4/c1-10-8-27-14(19(31)29(3)33-4)7-15(10)30-11(2)5-16(17(24)20(30)32)34-21(22,23)18-13(26)6-12(25)9-28-18/h5-9H,1-4H3. The van der Waals surface area contributed by atoms with E-state index >= 15 is 0 Å². The molecule has 3 heterocycles. The summed E-state index contributed by atoms with van der Waals surface area (Å²) < 4.78 is 34.0. The number of aryl methyl sites for hydroxylation is 2. The van der Waals surface area contributed by atoms with E-state index in [1.165, 1.54) is 37.1 Å². The molecule has 1 amide bonds. The lowest BCUT2D eigenvalue weighted by atomic mass is 9.62. The van der Waals surface area contributed by atoms with E-state index < -0.39 is 39.2 Å². The summed E-state index contributed by atoms with van der Waals surface area (Å²) in [6, 6.07) is 3.30. The Morgan fingerprint density at radius 3 is 2.47 bits per heavy atom. The van der Waals surface area contributed by atoms with Crippen molar-refractivity contribution >= 4 is 33.2 Å². The van der Waals surface area contributed by atoms with Crippen LogP contribution in [0, 0.1) is 25.5 Å². The highest BCUT2D eigenvalue weighted by Gasteiger charge is 2.29. The molecule has 34 heavy (non-hydrogen) atoms. The van der Waals surface area contributed by atoms with Gasteiger partial charge in [-0.25, -0.2) is 13.8 Å². The summed E-state index contributed by atoms with van der Waals surface area (Å²) in [6.07, 6.45) is 2.14. The lowest BCUT2D eigenvalue weighted by Gasteiger charge is -2.28. The van der Waals surface area contributed by atoms with Gasteiger partial charge in [0.05, 0.1) is 24.4 Å². The van der Waals surface area contributed by atoms with E-state index in [0.717, 1.165) is 5.06 Å². The minimum atomic E-state index is -2.37. The van der Waals surface area contributed by atoms with E-state index in [1.807, 2.05) is 0 Å². The zero-order chi connectivity index (χ0) is 25.4. The minimum absolute atomic E-state index is 0.0218. The maximum atomic E-state index is 14.1. The first kappa shape index (κ1) is 25.4. The van der Waals surface area contributed by atoms with Crippen LogP contribution in [0.5, 0.6) is 5.75 Å². The molecule has 0 aromatic carbocycles. The molecule has 0 atom stereocenters. The number of nitrogens with zero attached hydrogens (tertiary/aromatic N) is 4. The van der Waals surface area contributed by atoms with Crippen LogP contribution in [0.2, 0.25) is 5.02 Å². The van der Waals surface area contributed by atoms with Gasteiger partial charge in [0.15, 0.2) is 0 Å². The molecule has 0 fully saturated rings. The Kier molecular flexibility index (Phi) is 7.13. The highest BCUT2D eigenvalue weighted by Crippen LogP contribution is 2.30. The Bertz CT molecular complexity index is 1340. The van der Waals surface area contributed by atoms with Crippen LogP contribution in [0.3, 0.4) is 0 Å². The molecule has 0 aliphatic rings. The van der Waals surface area contributed by atoms with Crippen LogP contribution in [-0.4, -0.2) is 55.4 Å². The van der Waals surface area contributed by atoms with Gasteiger partial charge in [-0.05, 0) is 25.5 Å². The quantitative estimate of drug-likeness (QED) is 0.394. The molecule has 13 heteroatoms. The molecule has 0 aliphatic heterocycles. The van der Waals surface area contributed by atoms with Crippen molar-refractivity contribution in [3.05, 3.63) is 80.2 Å². The monoisotopic (exact) mass is 484 g/mol. The van der Waals surface area contributed by atoms with Crippen LogP contribution < -0.4 is 10.3 Å². The second-order valence-corrected chi connectivity index (χ2v) is 7.70. The van der Waals surface area contributed by atoms with Crippen LogP contribution in [-0.2, 0) is 10.2 Å². The number of hydrogen-bond donors (Lipinski definition) is 0. The third-order valence-electron chi connectivity index (χ3n) is 4.85. The van der Waals surface area contributed by atoms with E-state index in [2.05, 4.69) is 9.97 Å². The van der Waals surface area contributed by atoms with Crippen molar-refractivity contribution in [3.63, 3.8) is 0 Å². The number of rotatable bonds is 6. The summed E-state index contributed by atoms with van der Waals surface area (Å²) in [5.74, 6) is -2.86. The summed E-state index contributed by atoms with van der Waals surface area (Å²) in [5, 5.41) is -1.82. The van der Waals surface area contributed by atoms with E-state index in [4.69, 9.17) is 36.9 Å². The van der Waals surface area contributed by atoms with Gasteiger partial charge in [0.1, 0.15) is 49.5 Å². The molecule has 8 nitrogen and oxygen atoms in total. The van der Waals surface area contributed by atoms with Crippen LogP contribution in [0.25, 0.3) is 5.69 Å². The average molecular weight is 484 g/mol. The number of hydrogen-bond acceptors (Lipinski definition) is 6. The van der Waals surface area contributed by atoms with Gasteiger partial charge >= 0.3 is 0 Å². The number of carbonyl (C=O) groups is 1. The molecule has 0 N–H and O–H groups in total. The van der Waals surface area contributed by atoms with Gasteiger partial charge in [-0.15, -0.1) is 0 Å².